The van der Waals surface area contributed by atoms with E-state index >= 15 is 0 Å². The van der Waals surface area contributed by atoms with Gasteiger partial charge >= 0.3 is 5.97 Å². The fraction of sp³-hybridized carbons (Fsp3) is 0.526. The summed E-state index contributed by atoms with van der Waals surface area (Å²) in [5, 5.41) is 10.6. The smallest absolute Gasteiger partial charge is 0.336 e. The normalized spacial score (nSPS) is 15.4. The summed E-state index contributed by atoms with van der Waals surface area (Å²) in [6.07, 6.45) is 6.71. The van der Waals surface area contributed by atoms with Crippen molar-refractivity contribution < 1.29 is 9.90 Å². The van der Waals surface area contributed by atoms with Crippen LogP contribution in [0.25, 0.3) is 10.9 Å². The van der Waals surface area contributed by atoms with Gasteiger partial charge in [0.05, 0.1) is 5.56 Å². The maximum absolute atomic E-state index is 11.5. The van der Waals surface area contributed by atoms with Crippen LogP contribution in [0.5, 0.6) is 0 Å². The van der Waals surface area contributed by atoms with Gasteiger partial charge < -0.3 is 20.3 Å². The van der Waals surface area contributed by atoms with Gasteiger partial charge in [-0.3, -0.25) is 0 Å². The predicted molar refractivity (Wildman–Crippen MR) is 96.7 cm³/mol. The Kier molecular flexibility index (Phi) is 5.21. The molecule has 1 saturated heterocycles. The first kappa shape index (κ1) is 17.0. The van der Waals surface area contributed by atoms with Crippen LogP contribution in [0, 0.1) is 6.92 Å². The summed E-state index contributed by atoms with van der Waals surface area (Å²) in [4.78, 5) is 14.0. The van der Waals surface area contributed by atoms with E-state index in [0.717, 1.165) is 37.0 Å². The third-order valence-corrected chi connectivity index (χ3v) is 5.04. The number of aryl methyl sites for hydroxylation is 2. The van der Waals surface area contributed by atoms with E-state index in [2.05, 4.69) is 15.7 Å². The van der Waals surface area contributed by atoms with E-state index in [1.54, 1.807) is 0 Å². The van der Waals surface area contributed by atoms with Crippen LogP contribution in [0.15, 0.2) is 18.3 Å². The minimum absolute atomic E-state index is 0.390. The highest BCUT2D eigenvalue weighted by molar-refractivity contribution is 5.96. The van der Waals surface area contributed by atoms with E-state index < -0.39 is 5.97 Å². The van der Waals surface area contributed by atoms with Crippen molar-refractivity contribution in [3.8, 4) is 0 Å². The van der Waals surface area contributed by atoms with Crippen LogP contribution in [0.3, 0.4) is 0 Å². The number of benzene rings is 1. The molecule has 2 heterocycles. The summed E-state index contributed by atoms with van der Waals surface area (Å²) >= 11 is 0. The molecular formula is C19H27N3O2. The molecule has 0 radical (unpaired) electrons. The third kappa shape index (κ3) is 3.47. The fourth-order valence-electron chi connectivity index (χ4n) is 3.68. The summed E-state index contributed by atoms with van der Waals surface area (Å²) in [5.74, 6) is -0.861. The highest BCUT2D eigenvalue weighted by atomic mass is 16.4. The molecule has 1 fully saturated rings. The lowest BCUT2D eigenvalue weighted by molar-refractivity contribution is 0.0696. The molecule has 1 aromatic carbocycles. The standard InChI is InChI=1S/C19H27N3O2/c1-14-11-17-15(5-10-21-7-2-3-8-21)13-22(9-4-6-20)18(17)12-16(14)19(23)24/h11-13H,2-10,20H2,1H3,(H,23,24). The Morgan fingerprint density at radius 2 is 2.00 bits per heavy atom. The number of likely N-dealkylation sites (tertiary alicyclic amines) is 1. The largest absolute Gasteiger partial charge is 0.478 e. The molecule has 0 bridgehead atoms. The van der Waals surface area contributed by atoms with Crippen molar-refractivity contribution in [1.29, 1.82) is 0 Å². The van der Waals surface area contributed by atoms with E-state index in [4.69, 9.17) is 5.73 Å². The van der Waals surface area contributed by atoms with E-state index in [9.17, 15) is 9.90 Å². The number of carbonyl (C=O) groups is 1. The number of fused-ring (bicyclic) bond motifs is 1. The van der Waals surface area contributed by atoms with Gasteiger partial charge in [0.1, 0.15) is 0 Å². The lowest BCUT2D eigenvalue weighted by Crippen LogP contribution is -2.21. The minimum Gasteiger partial charge on any atom is -0.478 e. The number of rotatable bonds is 7. The van der Waals surface area contributed by atoms with Crippen molar-refractivity contribution in [3.63, 3.8) is 0 Å². The highest BCUT2D eigenvalue weighted by Gasteiger charge is 2.16. The minimum atomic E-state index is -0.861. The second-order valence-corrected chi connectivity index (χ2v) is 6.78. The first-order valence-electron chi connectivity index (χ1n) is 8.88. The number of hydrogen-bond donors (Lipinski definition) is 2. The number of carboxylic acids is 1. The van der Waals surface area contributed by atoms with Gasteiger partial charge in [-0.2, -0.15) is 0 Å². The van der Waals surface area contributed by atoms with Crippen LogP contribution in [0.4, 0.5) is 0 Å². The molecule has 1 aromatic heterocycles. The first-order chi connectivity index (χ1) is 11.6. The van der Waals surface area contributed by atoms with Gasteiger partial charge in [0, 0.05) is 30.2 Å². The van der Waals surface area contributed by atoms with E-state index in [1.807, 2.05) is 19.1 Å². The van der Waals surface area contributed by atoms with Crippen LogP contribution in [0.1, 0.15) is 40.7 Å². The van der Waals surface area contributed by atoms with Crippen molar-refractivity contribution in [2.75, 3.05) is 26.2 Å². The van der Waals surface area contributed by atoms with Gasteiger partial charge in [0.25, 0.3) is 0 Å². The quantitative estimate of drug-likeness (QED) is 0.819. The Morgan fingerprint density at radius 1 is 1.25 bits per heavy atom. The summed E-state index contributed by atoms with van der Waals surface area (Å²) in [5.41, 5.74) is 9.20. The zero-order chi connectivity index (χ0) is 17.1. The number of hydrogen-bond acceptors (Lipinski definition) is 3. The maximum atomic E-state index is 11.5. The zero-order valence-electron chi connectivity index (χ0n) is 14.4. The summed E-state index contributed by atoms with van der Waals surface area (Å²) in [7, 11) is 0. The van der Waals surface area contributed by atoms with Gasteiger partial charge in [-0.1, -0.05) is 0 Å². The number of carboxylic acid groups (broad SMARTS) is 1. The molecule has 3 N–H and O–H groups in total. The molecule has 5 nitrogen and oxygen atoms in total. The van der Waals surface area contributed by atoms with Crippen LogP contribution < -0.4 is 5.73 Å². The molecule has 3 rings (SSSR count). The van der Waals surface area contributed by atoms with Crippen molar-refractivity contribution in [2.24, 2.45) is 5.73 Å². The summed E-state index contributed by atoms with van der Waals surface area (Å²) in [6.45, 7) is 6.83. The molecule has 0 saturated carbocycles. The summed E-state index contributed by atoms with van der Waals surface area (Å²) in [6, 6.07) is 3.86. The van der Waals surface area contributed by atoms with Crippen molar-refractivity contribution >= 4 is 16.9 Å². The number of nitrogens with two attached hydrogens (primary N) is 1. The second-order valence-electron chi connectivity index (χ2n) is 6.78. The molecule has 0 unspecified atom stereocenters. The molecular weight excluding hydrogens is 302 g/mol. The van der Waals surface area contributed by atoms with Gasteiger partial charge in [-0.25, -0.2) is 4.79 Å². The maximum Gasteiger partial charge on any atom is 0.336 e. The lowest BCUT2D eigenvalue weighted by Gasteiger charge is -2.13. The predicted octanol–water partition coefficient (Wildman–Crippen LogP) is 2.64. The number of nitrogens with zero attached hydrogens (tertiary/aromatic N) is 2. The molecule has 0 amide bonds. The van der Waals surface area contributed by atoms with Crippen LogP contribution in [0.2, 0.25) is 0 Å². The molecule has 0 spiro atoms. The van der Waals surface area contributed by atoms with Gasteiger partial charge in [-0.05, 0) is 75.5 Å². The topological polar surface area (TPSA) is 71.5 Å². The molecule has 0 aliphatic carbocycles. The van der Waals surface area contributed by atoms with Gasteiger partial charge in [0.15, 0.2) is 0 Å². The Hall–Kier alpha value is -1.85. The number of aromatic nitrogens is 1. The monoisotopic (exact) mass is 329 g/mol. The molecule has 1 aliphatic heterocycles. The van der Waals surface area contributed by atoms with Crippen molar-refractivity contribution in [1.82, 2.24) is 9.47 Å². The van der Waals surface area contributed by atoms with E-state index in [0.29, 0.717) is 12.1 Å². The molecule has 0 atom stereocenters. The van der Waals surface area contributed by atoms with E-state index in [1.165, 1.54) is 36.9 Å². The molecule has 1 aliphatic rings. The van der Waals surface area contributed by atoms with Crippen molar-refractivity contribution in [2.45, 2.75) is 39.2 Å². The molecule has 2 aromatic rings. The Labute approximate surface area is 143 Å². The Morgan fingerprint density at radius 3 is 2.67 bits per heavy atom. The first-order valence-corrected chi connectivity index (χ1v) is 8.88. The van der Waals surface area contributed by atoms with E-state index in [-0.39, 0.29) is 0 Å². The second kappa shape index (κ2) is 7.36. The third-order valence-electron chi connectivity index (χ3n) is 5.04. The van der Waals surface area contributed by atoms with Crippen LogP contribution in [-0.2, 0) is 13.0 Å². The van der Waals surface area contributed by atoms with Crippen molar-refractivity contribution in [3.05, 3.63) is 35.0 Å². The average molecular weight is 329 g/mol. The average Bonchev–Trinajstić information content (AvgIpc) is 3.17. The molecule has 24 heavy (non-hydrogen) atoms. The fourth-order valence-corrected chi connectivity index (χ4v) is 3.68. The van der Waals surface area contributed by atoms with Gasteiger partial charge in [-0.15, -0.1) is 0 Å². The molecule has 5 heteroatoms. The highest BCUT2D eigenvalue weighted by Crippen LogP contribution is 2.26. The summed E-state index contributed by atoms with van der Waals surface area (Å²) < 4.78 is 2.17. The lowest BCUT2D eigenvalue weighted by atomic mass is 10.0. The zero-order valence-corrected chi connectivity index (χ0v) is 14.4. The Balaban J connectivity index is 1.94. The van der Waals surface area contributed by atoms with Crippen LogP contribution >= 0.6 is 0 Å². The Bertz CT molecular complexity index is 730. The SMILES string of the molecule is Cc1cc2c(CCN3CCCC3)cn(CCCN)c2cc1C(=O)O. The van der Waals surface area contributed by atoms with Gasteiger partial charge in [0.2, 0.25) is 0 Å². The number of aromatic carboxylic acids is 1. The van der Waals surface area contributed by atoms with Crippen LogP contribution in [-0.4, -0.2) is 46.7 Å². The molecule has 130 valence electrons.